The summed E-state index contributed by atoms with van der Waals surface area (Å²) in [6, 6.07) is 2.13. The second-order valence-corrected chi connectivity index (χ2v) is 14.2. The second kappa shape index (κ2) is 19.3. The van der Waals surface area contributed by atoms with E-state index in [0.29, 0.717) is 34.9 Å². The Balaban J connectivity index is 0.000000330. The molecule has 0 radical (unpaired) electrons. The van der Waals surface area contributed by atoms with Gasteiger partial charge in [-0.2, -0.15) is 5.26 Å². The van der Waals surface area contributed by atoms with E-state index in [2.05, 4.69) is 71.7 Å². The van der Waals surface area contributed by atoms with Crippen molar-refractivity contribution in [3.8, 4) is 17.3 Å². The first-order valence-corrected chi connectivity index (χ1v) is 19.3. The van der Waals surface area contributed by atoms with Gasteiger partial charge in [-0.15, -0.1) is 20.6 Å². The maximum atomic E-state index is 14.6. The van der Waals surface area contributed by atoms with Crippen LogP contribution in [0.2, 0.25) is 0 Å². The van der Waals surface area contributed by atoms with Gasteiger partial charge in [-0.3, -0.25) is 4.98 Å². The highest BCUT2D eigenvalue weighted by molar-refractivity contribution is 7.29. The van der Waals surface area contributed by atoms with Crippen molar-refractivity contribution >= 4 is 57.8 Å². The van der Waals surface area contributed by atoms with Crippen molar-refractivity contribution in [3.05, 3.63) is 34.9 Å². The van der Waals surface area contributed by atoms with Crippen LogP contribution >= 0.6 is 20.6 Å². The minimum atomic E-state index is -0.486. The summed E-state index contributed by atoms with van der Waals surface area (Å²) in [5.74, 6) is 2.10. The molecule has 262 valence electrons. The van der Waals surface area contributed by atoms with Gasteiger partial charge in [-0.25, -0.2) is 14.4 Å². The van der Waals surface area contributed by atoms with Crippen molar-refractivity contribution in [2.75, 3.05) is 23.7 Å². The Labute approximate surface area is 294 Å². The van der Waals surface area contributed by atoms with Crippen LogP contribution in [0.15, 0.2) is 12.4 Å². The Hall–Kier alpha value is -2.92. The third-order valence-electron chi connectivity index (χ3n) is 9.00. The lowest BCUT2D eigenvalue weighted by atomic mass is 9.92. The van der Waals surface area contributed by atoms with Gasteiger partial charge in [0.2, 0.25) is 5.95 Å². The summed E-state index contributed by atoms with van der Waals surface area (Å²) in [6.45, 7) is 20.4. The van der Waals surface area contributed by atoms with Gasteiger partial charge in [0.1, 0.15) is 11.1 Å². The molecule has 10 heteroatoms. The molecular formula is C38H56FN6OPS. The number of benzene rings is 1. The summed E-state index contributed by atoms with van der Waals surface area (Å²) in [7, 11) is 2.78. The lowest BCUT2D eigenvalue weighted by molar-refractivity contribution is 0.135. The Morgan fingerprint density at radius 2 is 1.69 bits per heavy atom. The molecule has 5 heterocycles. The zero-order valence-electron chi connectivity index (χ0n) is 30.4. The molecule has 1 saturated heterocycles. The highest BCUT2D eigenvalue weighted by Gasteiger charge is 2.29. The zero-order valence-corrected chi connectivity index (χ0v) is 32.4. The smallest absolute Gasteiger partial charge is 0.225 e. The van der Waals surface area contributed by atoms with E-state index in [1.165, 1.54) is 44.7 Å². The molecule has 2 N–H and O–H groups in total. The average Bonchev–Trinajstić information content (AvgIpc) is 3.88. The number of hydrogen-bond donors (Lipinski definition) is 1. The number of fused-ring (bicyclic) bond motifs is 4. The van der Waals surface area contributed by atoms with Crippen molar-refractivity contribution in [1.29, 1.82) is 5.26 Å². The highest BCUT2D eigenvalue weighted by Crippen LogP contribution is 2.43. The number of nitrogens with zero attached hydrogens (tertiary/aromatic N) is 5. The molecule has 3 atom stereocenters. The molecule has 4 aromatic rings. The number of halogens is 1. The topological polar surface area (TPSA) is 101 Å². The van der Waals surface area contributed by atoms with E-state index in [0.717, 1.165) is 82.0 Å². The molecule has 7 nitrogen and oxygen atoms in total. The average molecular weight is 695 g/mol. The van der Waals surface area contributed by atoms with Crippen LogP contribution in [-0.4, -0.2) is 28.0 Å². The van der Waals surface area contributed by atoms with E-state index < -0.39 is 5.82 Å². The van der Waals surface area contributed by atoms with Crippen molar-refractivity contribution in [2.45, 2.75) is 120 Å². The van der Waals surface area contributed by atoms with Crippen molar-refractivity contribution in [1.82, 2.24) is 15.0 Å². The van der Waals surface area contributed by atoms with E-state index in [-0.39, 0.29) is 10.6 Å². The molecule has 2 aliphatic rings. The molecule has 0 amide bonds. The van der Waals surface area contributed by atoms with Crippen LogP contribution < -0.4 is 15.9 Å². The lowest BCUT2D eigenvalue weighted by Gasteiger charge is -2.19. The van der Waals surface area contributed by atoms with E-state index in [9.17, 15) is 9.65 Å². The maximum absolute atomic E-state index is 14.6. The Morgan fingerprint density at radius 3 is 2.29 bits per heavy atom. The zero-order chi connectivity index (χ0) is 35.4. The van der Waals surface area contributed by atoms with Gasteiger partial charge in [-0.05, 0) is 42.2 Å². The van der Waals surface area contributed by atoms with Crippen molar-refractivity contribution in [2.24, 2.45) is 11.8 Å². The quantitative estimate of drug-likeness (QED) is 0.183. The molecule has 0 saturated carbocycles. The standard InChI is InChI=1S/C22H18FN6OPS.C10H22.C4H10.C2H6/c23-14-7-26-18(16-10(5-24)21(25)32-20(14)16)15-13-9-30-8-12(13)11-6-27-22(28-17(11)19(15)31)29-3-1-2-4-29;1-5-7-10(4)8-9(3)6-2;1-3-4-2;1-2/h6-7H,1-4,8-9,25,31H2;9-10H,5-8H2,1-4H3;3-4H2,1-2H3;1-2H3. The van der Waals surface area contributed by atoms with Crippen LogP contribution in [0.3, 0.4) is 0 Å². The van der Waals surface area contributed by atoms with Crippen LogP contribution in [-0.2, 0) is 18.0 Å². The van der Waals surface area contributed by atoms with Crippen LogP contribution in [0.1, 0.15) is 123 Å². The third kappa shape index (κ3) is 9.00. The summed E-state index contributed by atoms with van der Waals surface area (Å²) < 4.78 is 20.7. The van der Waals surface area contributed by atoms with Gasteiger partial charge in [-0.1, -0.05) is 87.5 Å². The molecule has 48 heavy (non-hydrogen) atoms. The highest BCUT2D eigenvalue weighted by atomic mass is 32.1. The number of thiophene rings is 1. The first-order valence-electron chi connectivity index (χ1n) is 17.9. The summed E-state index contributed by atoms with van der Waals surface area (Å²) in [5, 5.41) is 12.2. The maximum Gasteiger partial charge on any atom is 0.225 e. The number of nitrogens with two attached hydrogens (primary N) is 1. The molecule has 1 aromatic carbocycles. The number of nitriles is 1. The Morgan fingerprint density at radius 1 is 1.02 bits per heavy atom. The Kier molecular flexibility index (Phi) is 15.9. The predicted molar refractivity (Wildman–Crippen MR) is 207 cm³/mol. The van der Waals surface area contributed by atoms with Gasteiger partial charge < -0.3 is 15.4 Å². The number of unbranched alkanes of at least 4 members (excludes halogenated alkanes) is 1. The van der Waals surface area contributed by atoms with Gasteiger partial charge in [0.25, 0.3) is 0 Å². The number of aromatic nitrogens is 3. The fourth-order valence-corrected chi connectivity index (χ4v) is 7.62. The number of hydrogen-bond acceptors (Lipinski definition) is 8. The number of ether oxygens (including phenoxy) is 1. The second-order valence-electron chi connectivity index (χ2n) is 12.6. The SMILES string of the molecule is CC.CCCC.CCCC(C)CC(C)CC.N#Cc1c(N)sc2c(F)cnc(-c3c4c(c5cnc(N6CCCC6)nc5c3P)COC4)c12. The third-order valence-corrected chi connectivity index (χ3v) is 10.6. The minimum Gasteiger partial charge on any atom is -0.389 e. The molecule has 3 aromatic heterocycles. The fraction of sp³-hybridized carbons (Fsp3) is 0.579. The van der Waals surface area contributed by atoms with Crippen LogP contribution in [0.25, 0.3) is 32.2 Å². The molecule has 6 rings (SSSR count). The van der Waals surface area contributed by atoms with Crippen molar-refractivity contribution < 1.29 is 9.13 Å². The number of anilines is 2. The first-order chi connectivity index (χ1) is 23.2. The summed E-state index contributed by atoms with van der Waals surface area (Å²) >= 11 is 1.07. The van der Waals surface area contributed by atoms with Crippen LogP contribution in [0.4, 0.5) is 15.3 Å². The van der Waals surface area contributed by atoms with E-state index in [4.69, 9.17) is 15.5 Å². The normalized spacial score (nSPS) is 14.6. The van der Waals surface area contributed by atoms with Crippen LogP contribution in [0, 0.1) is 29.0 Å². The van der Waals surface area contributed by atoms with Gasteiger partial charge >= 0.3 is 0 Å². The van der Waals surface area contributed by atoms with E-state index >= 15 is 0 Å². The fourth-order valence-electron chi connectivity index (χ4n) is 6.16. The first kappa shape index (κ1) is 39.5. The molecule has 1 fully saturated rings. The Bertz CT molecular complexity index is 1680. The molecule has 0 bridgehead atoms. The van der Waals surface area contributed by atoms with Gasteiger partial charge in [0.15, 0.2) is 5.82 Å². The molecular weight excluding hydrogens is 638 g/mol. The molecule has 0 spiro atoms. The van der Waals surface area contributed by atoms with Gasteiger partial charge in [0.05, 0.1) is 40.9 Å². The number of rotatable bonds is 8. The summed E-state index contributed by atoms with van der Waals surface area (Å²) in [4.78, 5) is 16.2. The molecule has 2 aliphatic heterocycles. The van der Waals surface area contributed by atoms with Crippen LogP contribution in [0.5, 0.6) is 0 Å². The lowest BCUT2D eigenvalue weighted by Crippen LogP contribution is -2.21. The summed E-state index contributed by atoms with van der Waals surface area (Å²) in [6.07, 6.45) is 13.5. The predicted octanol–water partition coefficient (Wildman–Crippen LogP) is 10.3. The van der Waals surface area contributed by atoms with Crippen molar-refractivity contribution in [3.63, 3.8) is 0 Å². The van der Waals surface area contributed by atoms with E-state index in [1.807, 2.05) is 20.0 Å². The minimum absolute atomic E-state index is 0.254. The van der Waals surface area contributed by atoms with E-state index in [1.54, 1.807) is 0 Å². The van der Waals surface area contributed by atoms with Gasteiger partial charge in [0, 0.05) is 40.9 Å². The molecule has 0 aliphatic carbocycles. The monoisotopic (exact) mass is 694 g/mol. The summed E-state index contributed by atoms with van der Waals surface area (Å²) in [5.41, 5.74) is 10.4. The number of nitrogen functional groups attached to an aromatic ring is 1. The molecule has 3 unspecified atom stereocenters. The number of pyridine rings is 1. The largest absolute Gasteiger partial charge is 0.389 e.